The molecule has 18 heavy (non-hydrogen) atoms. The van der Waals surface area contributed by atoms with E-state index in [4.69, 9.17) is 15.9 Å². The minimum Gasteiger partial charge on any atom is -0.744 e. The van der Waals surface area contributed by atoms with Gasteiger partial charge in [-0.05, 0) is 26.0 Å². The fourth-order valence-electron chi connectivity index (χ4n) is 0.857. The Balaban J connectivity index is 0.000000360. The van der Waals surface area contributed by atoms with E-state index in [0.29, 0.717) is 0 Å². The Bertz CT molecular complexity index is 441. The van der Waals surface area contributed by atoms with Crippen LogP contribution in [0.25, 0.3) is 0 Å². The van der Waals surface area contributed by atoms with Crippen LogP contribution in [0.4, 0.5) is 0 Å². The average Bonchev–Trinajstić information content (AvgIpc) is 2.28. The molecule has 4 N–H and O–H groups in total. The molecule has 104 valence electrons. The van der Waals surface area contributed by atoms with Crippen molar-refractivity contribution in [2.45, 2.75) is 30.9 Å². The van der Waals surface area contributed by atoms with Gasteiger partial charge in [0.15, 0.2) is 0 Å². The zero-order valence-corrected chi connectivity index (χ0v) is 11.1. The van der Waals surface area contributed by atoms with E-state index < -0.39 is 22.3 Å². The van der Waals surface area contributed by atoms with E-state index >= 15 is 0 Å². The number of aryl methyl sites for hydroxylation is 1. The Morgan fingerprint density at radius 2 is 1.78 bits per heavy atom. The molecular weight excluding hydrogens is 258 g/mol. The van der Waals surface area contributed by atoms with Gasteiger partial charge in [-0.3, -0.25) is 0 Å². The summed E-state index contributed by atoms with van der Waals surface area (Å²) in [4.78, 5) is -0.178. The fourth-order valence-corrected chi connectivity index (χ4v) is 1.33. The van der Waals surface area contributed by atoms with E-state index in [0.717, 1.165) is 5.56 Å². The van der Waals surface area contributed by atoms with Crippen molar-refractivity contribution < 1.29 is 23.2 Å². The van der Waals surface area contributed by atoms with Crippen LogP contribution in [-0.4, -0.2) is 41.9 Å². The van der Waals surface area contributed by atoms with Gasteiger partial charge in [-0.15, -0.1) is 0 Å². The van der Waals surface area contributed by atoms with Gasteiger partial charge >= 0.3 is 0 Å². The van der Waals surface area contributed by atoms with Crippen LogP contribution in [0, 0.1) is 6.92 Å². The van der Waals surface area contributed by atoms with Crippen LogP contribution in [0.2, 0.25) is 0 Å². The molecule has 7 heteroatoms. The number of aliphatic hydroxyl groups is 2. The second kappa shape index (κ2) is 7.45. The molecule has 0 aliphatic carbocycles. The predicted octanol–water partition coefficient (Wildman–Crippen LogP) is -0.414. The van der Waals surface area contributed by atoms with Crippen LogP contribution in [0.5, 0.6) is 0 Å². The lowest BCUT2D eigenvalue weighted by atomic mass is 10.2. The van der Waals surface area contributed by atoms with Crippen molar-refractivity contribution >= 4 is 10.1 Å². The SMILES string of the molecule is C[C@H](O)[C@H](N)CO.Cc1ccc(S(=O)(=O)[O-])cc1. The Kier molecular flexibility index (Phi) is 7.04. The first-order chi connectivity index (χ1) is 8.18. The van der Waals surface area contributed by atoms with E-state index in [1.165, 1.54) is 12.1 Å². The number of hydrogen-bond acceptors (Lipinski definition) is 6. The van der Waals surface area contributed by atoms with Crippen molar-refractivity contribution in [1.82, 2.24) is 0 Å². The summed E-state index contributed by atoms with van der Waals surface area (Å²) >= 11 is 0. The zero-order valence-electron chi connectivity index (χ0n) is 10.3. The van der Waals surface area contributed by atoms with Crippen LogP contribution < -0.4 is 5.73 Å². The molecule has 0 amide bonds. The lowest BCUT2D eigenvalue weighted by molar-refractivity contribution is 0.123. The molecule has 0 fully saturated rings. The topological polar surface area (TPSA) is 124 Å². The van der Waals surface area contributed by atoms with E-state index in [1.54, 1.807) is 19.1 Å². The van der Waals surface area contributed by atoms with Crippen LogP contribution >= 0.6 is 0 Å². The molecule has 1 aromatic rings. The molecule has 1 rings (SSSR count). The highest BCUT2D eigenvalue weighted by Crippen LogP contribution is 2.08. The van der Waals surface area contributed by atoms with Crippen LogP contribution in [-0.2, 0) is 10.1 Å². The molecule has 1 aromatic carbocycles. The van der Waals surface area contributed by atoms with Gasteiger partial charge in [0.2, 0.25) is 0 Å². The summed E-state index contributed by atoms with van der Waals surface area (Å²) in [7, 11) is -4.27. The smallest absolute Gasteiger partial charge is 0.124 e. The molecule has 0 heterocycles. The van der Waals surface area contributed by atoms with E-state index in [9.17, 15) is 13.0 Å². The van der Waals surface area contributed by atoms with Crippen LogP contribution in [0.1, 0.15) is 12.5 Å². The van der Waals surface area contributed by atoms with Gasteiger partial charge in [0.25, 0.3) is 0 Å². The summed E-state index contributed by atoms with van der Waals surface area (Å²) < 4.78 is 31.2. The van der Waals surface area contributed by atoms with Gasteiger partial charge in [-0.2, -0.15) is 0 Å². The molecule has 6 nitrogen and oxygen atoms in total. The van der Waals surface area contributed by atoms with Crippen molar-refractivity contribution in [2.75, 3.05) is 6.61 Å². The summed E-state index contributed by atoms with van der Waals surface area (Å²) in [5.41, 5.74) is 6.04. The van der Waals surface area contributed by atoms with Crippen LogP contribution in [0.15, 0.2) is 29.2 Å². The highest BCUT2D eigenvalue weighted by molar-refractivity contribution is 7.85. The summed E-state index contributed by atoms with van der Waals surface area (Å²) in [6, 6.07) is 5.30. The van der Waals surface area contributed by atoms with Crippen LogP contribution in [0.3, 0.4) is 0 Å². The largest absolute Gasteiger partial charge is 0.744 e. The second-order valence-corrected chi connectivity index (χ2v) is 5.23. The summed E-state index contributed by atoms with van der Waals surface area (Å²) in [6.07, 6.45) is -0.606. The highest BCUT2D eigenvalue weighted by atomic mass is 32.2. The van der Waals surface area contributed by atoms with Crippen molar-refractivity contribution in [1.29, 1.82) is 0 Å². The first kappa shape index (κ1) is 17.0. The molecule has 0 unspecified atom stereocenters. The fraction of sp³-hybridized carbons (Fsp3) is 0.455. The Labute approximate surface area is 107 Å². The van der Waals surface area contributed by atoms with Gasteiger partial charge in [0, 0.05) is 0 Å². The maximum atomic E-state index is 10.4. The second-order valence-electron chi connectivity index (χ2n) is 3.85. The molecule has 0 aliphatic rings. The molecular formula is C11H18NO5S-. The minimum atomic E-state index is -4.27. The van der Waals surface area contributed by atoms with Crippen molar-refractivity contribution in [3.05, 3.63) is 29.8 Å². The molecule has 0 aromatic heterocycles. The molecule has 2 atom stereocenters. The molecule has 0 spiro atoms. The Morgan fingerprint density at radius 3 is 2.00 bits per heavy atom. The first-order valence-corrected chi connectivity index (χ1v) is 6.66. The lowest BCUT2D eigenvalue weighted by Gasteiger charge is -2.08. The van der Waals surface area contributed by atoms with Gasteiger partial charge in [-0.25, -0.2) is 8.42 Å². The first-order valence-electron chi connectivity index (χ1n) is 5.25. The lowest BCUT2D eigenvalue weighted by Crippen LogP contribution is -2.35. The standard InChI is InChI=1S/C7H8O3S.C4H11NO2/c1-6-2-4-7(5-3-6)11(8,9)10;1-3(7)4(5)2-6/h2-5H,1H3,(H,8,9,10);3-4,6-7H,2,5H2,1H3/p-1/t;3-,4+/m.0/s1. The van der Waals surface area contributed by atoms with Gasteiger partial charge < -0.3 is 20.5 Å². The van der Waals surface area contributed by atoms with Crippen molar-refractivity contribution in [3.8, 4) is 0 Å². The Hall–Kier alpha value is -0.990. The van der Waals surface area contributed by atoms with Gasteiger partial charge in [0.05, 0.1) is 23.6 Å². The van der Waals surface area contributed by atoms with E-state index in [2.05, 4.69) is 0 Å². The summed E-state index contributed by atoms with van der Waals surface area (Å²) in [5.74, 6) is 0. The molecule has 0 saturated heterocycles. The zero-order chi connectivity index (χ0) is 14.3. The Morgan fingerprint density at radius 1 is 1.33 bits per heavy atom. The van der Waals surface area contributed by atoms with E-state index in [-0.39, 0.29) is 11.5 Å². The maximum absolute atomic E-state index is 10.4. The van der Waals surface area contributed by atoms with Gasteiger partial charge in [-0.1, -0.05) is 17.7 Å². The third kappa shape index (κ3) is 6.67. The third-order valence-corrected chi connectivity index (χ3v) is 2.99. The van der Waals surface area contributed by atoms with Crippen molar-refractivity contribution in [2.24, 2.45) is 5.73 Å². The molecule has 0 bridgehead atoms. The predicted molar refractivity (Wildman–Crippen MR) is 65.9 cm³/mol. The molecule has 0 saturated carbocycles. The number of aliphatic hydroxyl groups excluding tert-OH is 2. The number of nitrogens with two attached hydrogens (primary N) is 1. The third-order valence-electron chi connectivity index (χ3n) is 2.14. The normalized spacial score (nSPS) is 14.3. The van der Waals surface area contributed by atoms with Crippen molar-refractivity contribution in [3.63, 3.8) is 0 Å². The average molecular weight is 276 g/mol. The monoisotopic (exact) mass is 276 g/mol. The minimum absolute atomic E-state index is 0.155. The number of rotatable bonds is 3. The highest BCUT2D eigenvalue weighted by Gasteiger charge is 2.04. The summed E-state index contributed by atoms with van der Waals surface area (Å²) in [6.45, 7) is 3.21. The maximum Gasteiger partial charge on any atom is 0.124 e. The quantitative estimate of drug-likeness (QED) is 0.644. The van der Waals surface area contributed by atoms with E-state index in [1.807, 2.05) is 6.92 Å². The number of hydrogen-bond donors (Lipinski definition) is 3. The molecule has 0 radical (unpaired) electrons. The number of benzene rings is 1. The summed E-state index contributed by atoms with van der Waals surface area (Å²) in [5, 5.41) is 16.8. The van der Waals surface area contributed by atoms with Gasteiger partial charge in [0.1, 0.15) is 10.1 Å². The molecule has 0 aliphatic heterocycles.